The normalized spacial score (nSPS) is 11.8. The minimum Gasteiger partial charge on any atom is -0.291 e. The summed E-state index contributed by atoms with van der Waals surface area (Å²) in [5.41, 5.74) is 5.19. The topological polar surface area (TPSA) is 43.6 Å². The molecule has 0 saturated heterocycles. The van der Waals surface area contributed by atoms with Gasteiger partial charge < -0.3 is 0 Å². The van der Waals surface area contributed by atoms with E-state index in [4.69, 9.17) is 9.97 Å². The van der Waals surface area contributed by atoms with E-state index in [9.17, 15) is 0 Å². The molecule has 150 valence electrons. The van der Waals surface area contributed by atoms with Crippen molar-refractivity contribution in [1.29, 1.82) is 0 Å². The summed E-state index contributed by atoms with van der Waals surface area (Å²) in [6.45, 7) is 0. The molecule has 0 N–H and O–H groups in total. The van der Waals surface area contributed by atoms with Gasteiger partial charge in [-0.15, -0.1) is 11.3 Å². The summed E-state index contributed by atoms with van der Waals surface area (Å²) in [5, 5.41) is 3.68. The first kappa shape index (κ1) is 17.6. The molecular weight excluding hydrogens is 412 g/mol. The van der Waals surface area contributed by atoms with Gasteiger partial charge in [-0.25, -0.2) is 4.98 Å². The molecule has 0 amide bonds. The highest BCUT2D eigenvalue weighted by Crippen LogP contribution is 2.42. The number of nitrogens with zero attached hydrogens (tertiary/aromatic N) is 4. The van der Waals surface area contributed by atoms with E-state index in [-0.39, 0.29) is 0 Å². The van der Waals surface area contributed by atoms with Crippen molar-refractivity contribution in [2.45, 2.75) is 0 Å². The summed E-state index contributed by atoms with van der Waals surface area (Å²) in [6.07, 6.45) is 5.47. The molecule has 0 unspecified atom stereocenters. The Morgan fingerprint density at radius 3 is 2.53 bits per heavy atom. The second kappa shape index (κ2) is 6.70. The standard InChI is InChI=1S/C27H16N4S/c1-2-8-22-18(5-1)25-23(32-22)11-10-19-26-21(7-4-14-29-26)31(27(19)25)24-9-3-6-20(30-24)17-12-15-28-16-13-17/h1-16H. The predicted octanol–water partition coefficient (Wildman–Crippen LogP) is 7.00. The molecule has 0 aliphatic rings. The van der Waals surface area contributed by atoms with Gasteiger partial charge >= 0.3 is 0 Å². The van der Waals surface area contributed by atoms with E-state index in [1.807, 2.05) is 41.8 Å². The molecule has 0 atom stereocenters. The molecule has 7 aromatic rings. The molecular formula is C27H16N4S. The lowest BCUT2D eigenvalue weighted by atomic mass is 10.1. The number of aromatic nitrogens is 4. The highest BCUT2D eigenvalue weighted by Gasteiger charge is 2.19. The van der Waals surface area contributed by atoms with Gasteiger partial charge in [0, 0.05) is 49.7 Å². The van der Waals surface area contributed by atoms with E-state index in [0.29, 0.717) is 0 Å². The number of hydrogen-bond acceptors (Lipinski definition) is 4. The average molecular weight is 429 g/mol. The highest BCUT2D eigenvalue weighted by molar-refractivity contribution is 7.26. The number of hydrogen-bond donors (Lipinski definition) is 0. The number of rotatable bonds is 2. The molecule has 0 aliphatic carbocycles. The minimum absolute atomic E-state index is 0.884. The van der Waals surface area contributed by atoms with Crippen molar-refractivity contribution in [2.75, 3.05) is 0 Å². The molecule has 7 rings (SSSR count). The van der Waals surface area contributed by atoms with Crippen LogP contribution in [-0.2, 0) is 0 Å². The molecule has 0 spiro atoms. The molecule has 5 heteroatoms. The van der Waals surface area contributed by atoms with Crippen molar-refractivity contribution >= 4 is 53.4 Å². The minimum atomic E-state index is 0.884. The molecule has 0 radical (unpaired) electrons. The van der Waals surface area contributed by atoms with Gasteiger partial charge in [-0.3, -0.25) is 14.5 Å². The number of thiophene rings is 1. The van der Waals surface area contributed by atoms with Crippen LogP contribution in [0, 0.1) is 0 Å². The zero-order chi connectivity index (χ0) is 21.1. The van der Waals surface area contributed by atoms with E-state index in [1.165, 1.54) is 20.2 Å². The zero-order valence-electron chi connectivity index (χ0n) is 16.9. The Labute approximate surface area is 187 Å². The molecule has 4 nitrogen and oxygen atoms in total. The summed E-state index contributed by atoms with van der Waals surface area (Å²) >= 11 is 1.83. The molecule has 0 fully saturated rings. The summed E-state index contributed by atoms with van der Waals surface area (Å²) in [7, 11) is 0. The first-order valence-corrected chi connectivity index (χ1v) is 11.3. The van der Waals surface area contributed by atoms with Crippen LogP contribution in [0.15, 0.2) is 97.5 Å². The second-order valence-corrected chi connectivity index (χ2v) is 8.84. The van der Waals surface area contributed by atoms with Gasteiger partial charge in [-0.1, -0.05) is 24.3 Å². The number of benzene rings is 2. The maximum atomic E-state index is 5.07. The first-order chi connectivity index (χ1) is 15.9. The van der Waals surface area contributed by atoms with Gasteiger partial charge in [0.2, 0.25) is 0 Å². The van der Waals surface area contributed by atoms with Crippen LogP contribution in [0.5, 0.6) is 0 Å². The first-order valence-electron chi connectivity index (χ1n) is 10.5. The molecule has 0 saturated carbocycles. The van der Waals surface area contributed by atoms with Crippen LogP contribution >= 0.6 is 11.3 Å². The fraction of sp³-hybridized carbons (Fsp3) is 0. The smallest absolute Gasteiger partial charge is 0.138 e. The molecule has 5 aromatic heterocycles. The number of pyridine rings is 3. The van der Waals surface area contributed by atoms with E-state index in [2.05, 4.69) is 64.1 Å². The lowest BCUT2D eigenvalue weighted by molar-refractivity contribution is 1.08. The molecule has 0 aliphatic heterocycles. The van der Waals surface area contributed by atoms with Gasteiger partial charge in [0.1, 0.15) is 5.82 Å². The van der Waals surface area contributed by atoms with Crippen molar-refractivity contribution in [3.8, 4) is 17.1 Å². The van der Waals surface area contributed by atoms with Gasteiger partial charge in [0.15, 0.2) is 0 Å². The highest BCUT2D eigenvalue weighted by atomic mass is 32.1. The Morgan fingerprint density at radius 2 is 1.59 bits per heavy atom. The summed E-state index contributed by atoms with van der Waals surface area (Å²) in [6, 6.07) is 27.3. The Balaban J connectivity index is 1.65. The fourth-order valence-corrected chi connectivity index (χ4v) is 5.70. The van der Waals surface area contributed by atoms with E-state index >= 15 is 0 Å². The third-order valence-electron chi connectivity index (χ3n) is 5.96. The van der Waals surface area contributed by atoms with E-state index < -0.39 is 0 Å². The number of fused-ring (bicyclic) bond motifs is 7. The van der Waals surface area contributed by atoms with Gasteiger partial charge in [0.25, 0.3) is 0 Å². The van der Waals surface area contributed by atoms with Gasteiger partial charge in [0.05, 0.1) is 22.2 Å². The Kier molecular flexibility index (Phi) is 3.68. The van der Waals surface area contributed by atoms with Crippen LogP contribution < -0.4 is 0 Å². The SMILES string of the molecule is c1cc(-c2ccncc2)nc(-n2c3cccnc3c3ccc4sc5ccccc5c4c32)c1. The third kappa shape index (κ3) is 2.46. The van der Waals surface area contributed by atoms with Crippen molar-refractivity contribution in [3.05, 3.63) is 97.5 Å². The average Bonchev–Trinajstić information content (AvgIpc) is 3.40. The van der Waals surface area contributed by atoms with E-state index in [0.717, 1.165) is 39.0 Å². The van der Waals surface area contributed by atoms with Crippen molar-refractivity contribution in [2.24, 2.45) is 0 Å². The second-order valence-electron chi connectivity index (χ2n) is 7.76. The van der Waals surface area contributed by atoms with Gasteiger partial charge in [-0.05, 0) is 54.6 Å². The maximum absolute atomic E-state index is 5.07. The quantitative estimate of drug-likeness (QED) is 0.298. The van der Waals surface area contributed by atoms with Crippen molar-refractivity contribution in [3.63, 3.8) is 0 Å². The molecule has 2 aromatic carbocycles. The molecule has 32 heavy (non-hydrogen) atoms. The summed E-state index contributed by atoms with van der Waals surface area (Å²) < 4.78 is 4.83. The summed E-state index contributed by atoms with van der Waals surface area (Å²) in [5.74, 6) is 0.884. The predicted molar refractivity (Wildman–Crippen MR) is 132 cm³/mol. The van der Waals surface area contributed by atoms with E-state index in [1.54, 1.807) is 12.4 Å². The lowest BCUT2D eigenvalue weighted by Gasteiger charge is -2.10. The maximum Gasteiger partial charge on any atom is 0.138 e. The van der Waals surface area contributed by atoms with Crippen LogP contribution in [0.1, 0.15) is 0 Å². The zero-order valence-corrected chi connectivity index (χ0v) is 17.8. The largest absolute Gasteiger partial charge is 0.291 e. The third-order valence-corrected chi connectivity index (χ3v) is 7.10. The molecule has 5 heterocycles. The fourth-order valence-electron chi connectivity index (χ4n) is 4.60. The van der Waals surface area contributed by atoms with Crippen molar-refractivity contribution < 1.29 is 0 Å². The van der Waals surface area contributed by atoms with Crippen LogP contribution in [0.2, 0.25) is 0 Å². The van der Waals surface area contributed by atoms with Crippen molar-refractivity contribution in [1.82, 2.24) is 19.5 Å². The lowest BCUT2D eigenvalue weighted by Crippen LogP contribution is -1.99. The Bertz CT molecular complexity index is 1780. The summed E-state index contributed by atoms with van der Waals surface area (Å²) in [4.78, 5) is 14.0. The molecule has 0 bridgehead atoms. The van der Waals surface area contributed by atoms with Gasteiger partial charge in [-0.2, -0.15) is 0 Å². The van der Waals surface area contributed by atoms with Crippen LogP contribution in [0.25, 0.3) is 59.2 Å². The Hall–Kier alpha value is -4.09. The Morgan fingerprint density at radius 1 is 0.688 bits per heavy atom. The van der Waals surface area contributed by atoms with Crippen LogP contribution in [0.4, 0.5) is 0 Å². The van der Waals surface area contributed by atoms with Crippen LogP contribution in [0.3, 0.4) is 0 Å². The monoisotopic (exact) mass is 428 g/mol. The van der Waals surface area contributed by atoms with Crippen LogP contribution in [-0.4, -0.2) is 19.5 Å².